The molecule has 2 aromatic rings. The predicted octanol–water partition coefficient (Wildman–Crippen LogP) is 2.42. The van der Waals surface area contributed by atoms with Crippen LogP contribution < -0.4 is 10.1 Å². The fraction of sp³-hybridized carbons (Fsp3) is 0.444. The lowest BCUT2D eigenvalue weighted by molar-refractivity contribution is -0.115. The van der Waals surface area contributed by atoms with Crippen LogP contribution in [0.2, 0.25) is 0 Å². The average molecular weight is 327 g/mol. The predicted molar refractivity (Wildman–Crippen MR) is 89.4 cm³/mol. The minimum atomic E-state index is -0.0631. The number of hydrogen-bond donors (Lipinski definition) is 2. The van der Waals surface area contributed by atoms with Crippen LogP contribution in [0.25, 0.3) is 0 Å². The van der Waals surface area contributed by atoms with Crippen molar-refractivity contribution < 1.29 is 14.3 Å². The summed E-state index contributed by atoms with van der Waals surface area (Å²) in [6, 6.07) is 7.85. The largest absolute Gasteiger partial charge is 0.493 e. The number of aromatic nitrogens is 2. The summed E-state index contributed by atoms with van der Waals surface area (Å²) in [4.78, 5) is 12.2. The van der Waals surface area contributed by atoms with Crippen molar-refractivity contribution in [3.05, 3.63) is 41.1 Å². The summed E-state index contributed by atoms with van der Waals surface area (Å²) in [5.74, 6) is 1.79. The second-order valence-corrected chi connectivity index (χ2v) is 6.39. The first kappa shape index (κ1) is 15.2. The van der Waals surface area contributed by atoms with Crippen LogP contribution in [-0.4, -0.2) is 35.9 Å². The Bertz CT molecular complexity index is 735. The molecule has 0 aliphatic carbocycles. The zero-order chi connectivity index (χ0) is 16.4. The van der Waals surface area contributed by atoms with E-state index in [9.17, 15) is 4.79 Å². The monoisotopic (exact) mass is 327 g/mol. The highest BCUT2D eigenvalue weighted by atomic mass is 16.5. The summed E-state index contributed by atoms with van der Waals surface area (Å²) in [5, 5.41) is 10.1. The van der Waals surface area contributed by atoms with Crippen molar-refractivity contribution in [1.82, 2.24) is 10.2 Å². The molecule has 6 heteroatoms. The van der Waals surface area contributed by atoms with E-state index in [4.69, 9.17) is 9.47 Å². The maximum atomic E-state index is 12.2. The van der Waals surface area contributed by atoms with Gasteiger partial charge in [-0.15, -0.1) is 0 Å². The zero-order valence-electron chi connectivity index (χ0n) is 13.5. The van der Waals surface area contributed by atoms with E-state index in [0.29, 0.717) is 24.8 Å². The Balaban J connectivity index is 1.36. The van der Waals surface area contributed by atoms with Crippen LogP contribution in [0.15, 0.2) is 24.3 Å². The van der Waals surface area contributed by atoms with Crippen molar-refractivity contribution in [2.75, 3.05) is 25.1 Å². The van der Waals surface area contributed by atoms with Gasteiger partial charge >= 0.3 is 0 Å². The Morgan fingerprint density at radius 2 is 2.29 bits per heavy atom. The number of rotatable bonds is 4. The molecule has 1 saturated heterocycles. The molecule has 1 unspecified atom stereocenters. The molecule has 0 spiro atoms. The normalized spacial score (nSPS) is 19.6. The molecule has 1 aromatic carbocycles. The molecule has 0 radical (unpaired) electrons. The summed E-state index contributed by atoms with van der Waals surface area (Å²) in [5.41, 5.74) is 3.20. The molecule has 126 valence electrons. The molecule has 1 amide bonds. The lowest BCUT2D eigenvalue weighted by Crippen LogP contribution is -2.16. The Morgan fingerprint density at radius 1 is 1.33 bits per heavy atom. The number of nitrogens with one attached hydrogen (secondary N) is 2. The van der Waals surface area contributed by atoms with Gasteiger partial charge in [0.05, 0.1) is 19.6 Å². The molecule has 2 aliphatic heterocycles. The number of H-pyrrole nitrogens is 1. The third-order valence-electron chi connectivity index (χ3n) is 4.58. The van der Waals surface area contributed by atoms with Crippen LogP contribution in [0.3, 0.4) is 0 Å². The van der Waals surface area contributed by atoms with E-state index in [1.165, 1.54) is 5.56 Å². The van der Waals surface area contributed by atoms with Gasteiger partial charge in [0.25, 0.3) is 0 Å². The Morgan fingerprint density at radius 3 is 3.17 bits per heavy atom. The number of carbonyl (C=O) groups excluding carboxylic acids is 1. The highest BCUT2D eigenvalue weighted by Gasteiger charge is 2.19. The number of ether oxygens (including phenoxy) is 2. The zero-order valence-corrected chi connectivity index (χ0v) is 13.5. The summed E-state index contributed by atoms with van der Waals surface area (Å²) < 4.78 is 11.0. The number of carbonyl (C=O) groups is 1. The van der Waals surface area contributed by atoms with Crippen LogP contribution in [0.1, 0.15) is 35.6 Å². The summed E-state index contributed by atoms with van der Waals surface area (Å²) in [6.45, 7) is 2.28. The Labute approximate surface area is 140 Å². The van der Waals surface area contributed by atoms with Crippen LogP contribution in [0.5, 0.6) is 5.75 Å². The van der Waals surface area contributed by atoms with E-state index < -0.39 is 0 Å². The molecule has 2 N–H and O–H groups in total. The van der Waals surface area contributed by atoms with Gasteiger partial charge in [-0.25, -0.2) is 0 Å². The van der Waals surface area contributed by atoms with Crippen LogP contribution in [0.4, 0.5) is 5.82 Å². The van der Waals surface area contributed by atoms with Gasteiger partial charge in [0.1, 0.15) is 5.75 Å². The summed E-state index contributed by atoms with van der Waals surface area (Å²) >= 11 is 0. The summed E-state index contributed by atoms with van der Waals surface area (Å²) in [7, 11) is 0. The van der Waals surface area contributed by atoms with Crippen molar-refractivity contribution in [1.29, 1.82) is 0 Å². The molecule has 4 rings (SSSR count). The minimum absolute atomic E-state index is 0.0631. The highest BCUT2D eigenvalue weighted by Crippen LogP contribution is 2.27. The van der Waals surface area contributed by atoms with Crippen molar-refractivity contribution in [3.8, 4) is 5.75 Å². The van der Waals surface area contributed by atoms with Crippen molar-refractivity contribution >= 4 is 11.7 Å². The minimum Gasteiger partial charge on any atom is -0.493 e. The quantitative estimate of drug-likeness (QED) is 0.904. The van der Waals surface area contributed by atoms with Gasteiger partial charge in [-0.2, -0.15) is 5.10 Å². The number of aromatic amines is 1. The maximum Gasteiger partial charge on any atom is 0.229 e. The first-order valence-electron chi connectivity index (χ1n) is 8.45. The Hall–Kier alpha value is -2.34. The standard InChI is InChI=1S/C18H21N3O3/c22-18(9-12-3-4-16-13(8-12)5-7-24-16)19-17-10-15(20-21-17)14-2-1-6-23-11-14/h3-4,8,10,14H,1-2,5-7,9,11H2,(H2,19,20,21,22). The van der Waals surface area contributed by atoms with E-state index in [1.54, 1.807) is 0 Å². The first-order valence-corrected chi connectivity index (χ1v) is 8.45. The molecule has 2 aliphatic rings. The molecule has 0 saturated carbocycles. The van der Waals surface area contributed by atoms with Crippen molar-refractivity contribution in [2.24, 2.45) is 0 Å². The maximum absolute atomic E-state index is 12.2. The topological polar surface area (TPSA) is 76.2 Å². The second kappa shape index (κ2) is 6.65. The van der Waals surface area contributed by atoms with Gasteiger partial charge in [0.15, 0.2) is 5.82 Å². The molecule has 6 nitrogen and oxygen atoms in total. The van der Waals surface area contributed by atoms with Crippen molar-refractivity contribution in [2.45, 2.75) is 31.6 Å². The molecule has 1 aromatic heterocycles. The number of amides is 1. The fourth-order valence-corrected chi connectivity index (χ4v) is 3.32. The first-order chi connectivity index (χ1) is 11.8. The number of fused-ring (bicyclic) bond motifs is 1. The Kier molecular flexibility index (Phi) is 4.21. The third-order valence-corrected chi connectivity index (χ3v) is 4.58. The molecular weight excluding hydrogens is 306 g/mol. The van der Waals surface area contributed by atoms with Gasteiger partial charge < -0.3 is 14.8 Å². The van der Waals surface area contributed by atoms with E-state index >= 15 is 0 Å². The number of nitrogens with zero attached hydrogens (tertiary/aromatic N) is 1. The van der Waals surface area contributed by atoms with Crippen LogP contribution >= 0.6 is 0 Å². The summed E-state index contributed by atoms with van der Waals surface area (Å²) in [6.07, 6.45) is 3.40. The molecule has 1 atom stereocenters. The van der Waals surface area contributed by atoms with Gasteiger partial charge in [-0.1, -0.05) is 12.1 Å². The van der Waals surface area contributed by atoms with Gasteiger partial charge in [0, 0.05) is 30.7 Å². The second-order valence-electron chi connectivity index (χ2n) is 6.39. The van der Waals surface area contributed by atoms with Crippen molar-refractivity contribution in [3.63, 3.8) is 0 Å². The smallest absolute Gasteiger partial charge is 0.229 e. The number of anilines is 1. The lowest BCUT2D eigenvalue weighted by Gasteiger charge is -2.20. The lowest BCUT2D eigenvalue weighted by atomic mass is 9.99. The molecule has 1 fully saturated rings. The van der Waals surface area contributed by atoms with E-state index in [-0.39, 0.29) is 5.91 Å². The number of benzene rings is 1. The third kappa shape index (κ3) is 3.28. The van der Waals surface area contributed by atoms with E-state index in [2.05, 4.69) is 21.6 Å². The number of hydrogen-bond acceptors (Lipinski definition) is 4. The molecule has 24 heavy (non-hydrogen) atoms. The van der Waals surface area contributed by atoms with Crippen LogP contribution in [0, 0.1) is 0 Å². The molecule has 0 bridgehead atoms. The van der Waals surface area contributed by atoms with Gasteiger partial charge in [-0.05, 0) is 30.0 Å². The fourth-order valence-electron chi connectivity index (χ4n) is 3.32. The van der Waals surface area contributed by atoms with Gasteiger partial charge in [-0.3, -0.25) is 9.89 Å². The highest BCUT2D eigenvalue weighted by molar-refractivity contribution is 5.91. The van der Waals surface area contributed by atoms with Crippen LogP contribution in [-0.2, 0) is 22.4 Å². The van der Waals surface area contributed by atoms with Gasteiger partial charge in [0.2, 0.25) is 5.91 Å². The van der Waals surface area contributed by atoms with E-state index in [0.717, 1.165) is 49.5 Å². The molecule has 3 heterocycles. The average Bonchev–Trinajstić information content (AvgIpc) is 3.24. The molecular formula is C18H21N3O3. The SMILES string of the molecule is O=C(Cc1ccc2c(c1)CCO2)Nc1cc(C2CCCOC2)[nH]n1. The van der Waals surface area contributed by atoms with E-state index in [1.807, 2.05) is 18.2 Å².